The fourth-order valence-electron chi connectivity index (χ4n) is 4.02. The van der Waals surface area contributed by atoms with Crippen LogP contribution in [0.2, 0.25) is 0 Å². The van der Waals surface area contributed by atoms with Crippen LogP contribution in [0.5, 0.6) is 5.75 Å². The normalized spacial score (nSPS) is 24.2. The SMILES string of the molecule is CC(C)CN1[C@H]2CCN(c3ncc(F)cn3)CC[C@@H]2Oc2ccccc2S1(=O)=O. The van der Waals surface area contributed by atoms with Crippen LogP contribution in [0.1, 0.15) is 26.7 Å². The lowest BCUT2D eigenvalue weighted by Crippen LogP contribution is -2.48. The van der Waals surface area contributed by atoms with Crippen LogP contribution in [0, 0.1) is 11.7 Å². The number of aromatic nitrogens is 2. The number of hydrogen-bond donors (Lipinski definition) is 0. The molecule has 7 nitrogen and oxygen atoms in total. The molecule has 0 radical (unpaired) electrons. The Balaban J connectivity index is 1.69. The highest BCUT2D eigenvalue weighted by molar-refractivity contribution is 7.89. The van der Waals surface area contributed by atoms with Gasteiger partial charge in [0.25, 0.3) is 0 Å². The Morgan fingerprint density at radius 1 is 1.17 bits per heavy atom. The van der Waals surface area contributed by atoms with Crippen LogP contribution in [0.15, 0.2) is 41.6 Å². The van der Waals surface area contributed by atoms with Crippen LogP contribution in [0.25, 0.3) is 0 Å². The number of anilines is 1. The van der Waals surface area contributed by atoms with Crippen LogP contribution in [0.3, 0.4) is 0 Å². The lowest BCUT2D eigenvalue weighted by molar-refractivity contribution is 0.109. The van der Waals surface area contributed by atoms with E-state index >= 15 is 0 Å². The lowest BCUT2D eigenvalue weighted by Gasteiger charge is -2.32. The Labute approximate surface area is 170 Å². The fraction of sp³-hybridized carbons (Fsp3) is 0.500. The Kier molecular flexibility index (Phi) is 5.44. The van der Waals surface area contributed by atoms with Crippen molar-refractivity contribution in [3.63, 3.8) is 0 Å². The molecule has 3 heterocycles. The van der Waals surface area contributed by atoms with Gasteiger partial charge in [0.15, 0.2) is 5.82 Å². The highest BCUT2D eigenvalue weighted by atomic mass is 32.2. The third-order valence-corrected chi connectivity index (χ3v) is 7.26. The van der Waals surface area contributed by atoms with E-state index in [2.05, 4.69) is 9.97 Å². The van der Waals surface area contributed by atoms with E-state index in [0.717, 1.165) is 12.4 Å². The average Bonchev–Trinajstić information content (AvgIpc) is 2.93. The van der Waals surface area contributed by atoms with E-state index < -0.39 is 15.8 Å². The maximum absolute atomic E-state index is 13.5. The average molecular weight is 421 g/mol. The molecule has 2 atom stereocenters. The molecule has 4 rings (SSSR count). The fourth-order valence-corrected chi connectivity index (χ4v) is 5.98. The van der Waals surface area contributed by atoms with Gasteiger partial charge in [-0.1, -0.05) is 26.0 Å². The molecule has 156 valence electrons. The van der Waals surface area contributed by atoms with E-state index in [9.17, 15) is 12.8 Å². The minimum atomic E-state index is -3.68. The molecule has 0 unspecified atom stereocenters. The molecule has 1 aromatic heterocycles. The van der Waals surface area contributed by atoms with Gasteiger partial charge in [-0.05, 0) is 24.5 Å². The summed E-state index contributed by atoms with van der Waals surface area (Å²) in [5.74, 6) is 0.542. The zero-order valence-corrected chi connectivity index (χ0v) is 17.3. The molecular weight excluding hydrogens is 395 g/mol. The molecule has 9 heteroatoms. The van der Waals surface area contributed by atoms with Crippen molar-refractivity contribution in [2.75, 3.05) is 24.5 Å². The maximum Gasteiger partial charge on any atom is 0.247 e. The summed E-state index contributed by atoms with van der Waals surface area (Å²) in [7, 11) is -3.68. The minimum Gasteiger partial charge on any atom is -0.487 e. The molecule has 2 aliphatic heterocycles. The summed E-state index contributed by atoms with van der Waals surface area (Å²) in [5, 5.41) is 0. The summed E-state index contributed by atoms with van der Waals surface area (Å²) >= 11 is 0. The van der Waals surface area contributed by atoms with Gasteiger partial charge in [0, 0.05) is 26.1 Å². The zero-order valence-electron chi connectivity index (χ0n) is 16.5. The second kappa shape index (κ2) is 7.87. The quantitative estimate of drug-likeness (QED) is 0.760. The molecule has 0 aliphatic carbocycles. The predicted molar refractivity (Wildman–Crippen MR) is 107 cm³/mol. The molecule has 0 bridgehead atoms. The summed E-state index contributed by atoms with van der Waals surface area (Å²) < 4.78 is 48.0. The summed E-state index contributed by atoms with van der Waals surface area (Å²) in [6, 6.07) is 6.55. The number of ether oxygens (including phenoxy) is 1. The number of para-hydroxylation sites is 1. The van der Waals surface area contributed by atoms with Crippen molar-refractivity contribution in [1.29, 1.82) is 0 Å². The first kappa shape index (κ1) is 20.0. The Morgan fingerprint density at radius 3 is 2.59 bits per heavy atom. The number of sulfonamides is 1. The minimum absolute atomic E-state index is 0.176. The molecule has 1 saturated heterocycles. The largest absolute Gasteiger partial charge is 0.487 e. The third kappa shape index (κ3) is 3.93. The topological polar surface area (TPSA) is 75.6 Å². The second-order valence-electron chi connectivity index (χ2n) is 7.90. The van der Waals surface area contributed by atoms with Gasteiger partial charge in [-0.25, -0.2) is 22.8 Å². The first-order chi connectivity index (χ1) is 13.9. The van der Waals surface area contributed by atoms with E-state index in [-0.39, 0.29) is 23.0 Å². The van der Waals surface area contributed by atoms with Crippen molar-refractivity contribution in [3.8, 4) is 5.75 Å². The number of benzene rings is 1. The molecule has 1 aromatic carbocycles. The molecule has 0 amide bonds. The highest BCUT2D eigenvalue weighted by Crippen LogP contribution is 2.37. The van der Waals surface area contributed by atoms with Crippen LogP contribution >= 0.6 is 0 Å². The number of hydrogen-bond acceptors (Lipinski definition) is 6. The van der Waals surface area contributed by atoms with Gasteiger partial charge in [0.05, 0.1) is 18.4 Å². The standard InChI is InChI=1S/C20H25FN4O3S/c1-14(2)13-25-16-7-9-24(20-22-11-15(21)12-23-20)10-8-17(16)28-18-5-3-4-6-19(18)29(25,26)27/h3-6,11-12,14,16-17H,7-10,13H2,1-2H3/t16-,17-/m0/s1. The molecule has 1 fully saturated rings. The molecule has 2 aliphatic rings. The summed E-state index contributed by atoms with van der Waals surface area (Å²) in [4.78, 5) is 10.3. The second-order valence-corrected chi connectivity index (χ2v) is 9.76. The van der Waals surface area contributed by atoms with Gasteiger partial charge >= 0.3 is 0 Å². The summed E-state index contributed by atoms with van der Waals surface area (Å²) in [5.41, 5.74) is 0. The van der Waals surface area contributed by atoms with Crippen molar-refractivity contribution in [1.82, 2.24) is 14.3 Å². The predicted octanol–water partition coefficient (Wildman–Crippen LogP) is 2.69. The van der Waals surface area contributed by atoms with E-state index in [0.29, 0.717) is 44.2 Å². The first-order valence-corrected chi connectivity index (χ1v) is 11.3. The van der Waals surface area contributed by atoms with Crippen LogP contribution in [-0.2, 0) is 10.0 Å². The first-order valence-electron chi connectivity index (χ1n) is 9.86. The van der Waals surface area contributed by atoms with Gasteiger partial charge < -0.3 is 9.64 Å². The smallest absolute Gasteiger partial charge is 0.247 e. The summed E-state index contributed by atoms with van der Waals surface area (Å²) in [6.45, 7) is 5.62. The Hall–Kier alpha value is -2.26. The molecule has 0 N–H and O–H groups in total. The highest BCUT2D eigenvalue weighted by Gasteiger charge is 2.43. The van der Waals surface area contributed by atoms with Gasteiger partial charge in [0.2, 0.25) is 16.0 Å². The molecule has 2 aromatic rings. The van der Waals surface area contributed by atoms with Gasteiger partial charge in [-0.2, -0.15) is 4.31 Å². The van der Waals surface area contributed by atoms with Crippen molar-refractivity contribution in [2.24, 2.45) is 5.92 Å². The van der Waals surface area contributed by atoms with E-state index in [1.54, 1.807) is 28.6 Å². The third-order valence-electron chi connectivity index (χ3n) is 5.33. The van der Waals surface area contributed by atoms with E-state index in [1.807, 2.05) is 18.7 Å². The molecular formula is C20H25FN4O3S. The van der Waals surface area contributed by atoms with Crippen LogP contribution in [-0.4, -0.2) is 54.5 Å². The number of fused-ring (bicyclic) bond motifs is 2. The maximum atomic E-state index is 13.5. The molecule has 29 heavy (non-hydrogen) atoms. The lowest BCUT2D eigenvalue weighted by atomic mass is 10.0. The van der Waals surface area contributed by atoms with E-state index in [1.165, 1.54) is 0 Å². The zero-order chi connectivity index (χ0) is 20.6. The summed E-state index contributed by atoms with van der Waals surface area (Å²) in [6.07, 6.45) is 3.20. The molecule has 0 saturated carbocycles. The number of halogens is 1. The van der Waals surface area contributed by atoms with Gasteiger partial charge in [0.1, 0.15) is 16.7 Å². The van der Waals surface area contributed by atoms with Crippen LogP contribution < -0.4 is 9.64 Å². The van der Waals surface area contributed by atoms with Crippen molar-refractivity contribution >= 4 is 16.0 Å². The van der Waals surface area contributed by atoms with Crippen molar-refractivity contribution in [3.05, 3.63) is 42.5 Å². The number of rotatable bonds is 3. The monoisotopic (exact) mass is 420 g/mol. The van der Waals surface area contributed by atoms with E-state index in [4.69, 9.17) is 4.74 Å². The Bertz CT molecular complexity index is 968. The van der Waals surface area contributed by atoms with Gasteiger partial charge in [-0.3, -0.25) is 0 Å². The molecule has 0 spiro atoms. The van der Waals surface area contributed by atoms with Crippen molar-refractivity contribution in [2.45, 2.75) is 43.7 Å². The van der Waals surface area contributed by atoms with Crippen LogP contribution in [0.4, 0.5) is 10.3 Å². The number of nitrogens with zero attached hydrogens (tertiary/aromatic N) is 4. The van der Waals surface area contributed by atoms with Gasteiger partial charge in [-0.15, -0.1) is 0 Å². The van der Waals surface area contributed by atoms with Crippen molar-refractivity contribution < 1.29 is 17.5 Å². The Morgan fingerprint density at radius 2 is 1.86 bits per heavy atom.